The van der Waals surface area contributed by atoms with Crippen LogP contribution in [0.15, 0.2) is 28.8 Å². The lowest BCUT2D eigenvalue weighted by atomic mass is 10.0. The highest BCUT2D eigenvalue weighted by Crippen LogP contribution is 2.39. The molecule has 0 unspecified atom stereocenters. The molecule has 0 atom stereocenters. The molecule has 0 aliphatic heterocycles. The molecule has 22 heavy (non-hydrogen) atoms. The van der Waals surface area contributed by atoms with Gasteiger partial charge in [-0.2, -0.15) is 13.2 Å². The van der Waals surface area contributed by atoms with E-state index in [4.69, 9.17) is 20.9 Å². The predicted octanol–water partition coefficient (Wildman–Crippen LogP) is 4.89. The van der Waals surface area contributed by atoms with E-state index < -0.39 is 11.7 Å². The van der Waals surface area contributed by atoms with Crippen molar-refractivity contribution < 1.29 is 22.4 Å². The topological polar surface area (TPSA) is 35.3 Å². The summed E-state index contributed by atoms with van der Waals surface area (Å²) in [6.07, 6.45) is -2.36. The van der Waals surface area contributed by atoms with Crippen molar-refractivity contribution in [1.82, 2.24) is 5.16 Å². The van der Waals surface area contributed by atoms with Crippen LogP contribution in [0.4, 0.5) is 13.2 Å². The average Bonchev–Trinajstić information content (AvgIpc) is 3.19. The highest BCUT2D eigenvalue weighted by Gasteiger charge is 2.35. The third kappa shape index (κ3) is 3.38. The van der Waals surface area contributed by atoms with E-state index >= 15 is 0 Å². The van der Waals surface area contributed by atoms with Gasteiger partial charge in [0.05, 0.1) is 18.1 Å². The van der Waals surface area contributed by atoms with E-state index in [0.717, 1.165) is 18.9 Å². The lowest BCUT2D eigenvalue weighted by Crippen LogP contribution is -2.08. The molecule has 1 aromatic heterocycles. The zero-order valence-electron chi connectivity index (χ0n) is 11.5. The van der Waals surface area contributed by atoms with Gasteiger partial charge in [0.15, 0.2) is 5.76 Å². The lowest BCUT2D eigenvalue weighted by Gasteiger charge is -2.13. The van der Waals surface area contributed by atoms with Gasteiger partial charge in [-0.25, -0.2) is 0 Å². The zero-order chi connectivity index (χ0) is 15.7. The number of hydrogen-bond acceptors (Lipinski definition) is 3. The molecule has 0 spiro atoms. The van der Waals surface area contributed by atoms with Crippen LogP contribution in [-0.4, -0.2) is 11.8 Å². The van der Waals surface area contributed by atoms with Crippen molar-refractivity contribution in [3.05, 3.63) is 35.6 Å². The summed E-state index contributed by atoms with van der Waals surface area (Å²) in [6, 6.07) is 5.28. The van der Waals surface area contributed by atoms with Crippen LogP contribution >= 0.6 is 11.6 Å². The highest BCUT2D eigenvalue weighted by atomic mass is 35.5. The molecule has 7 heteroatoms. The standard InChI is InChI=1S/C15H13ClF3NO2/c16-7-11-6-14(20-22-11)12-4-3-10(21-8-9-1-2-9)5-13(12)15(17,18)19/h3-6,9H,1-2,7-8H2. The largest absolute Gasteiger partial charge is 0.493 e. The van der Waals surface area contributed by atoms with Crippen molar-refractivity contribution in [2.75, 3.05) is 6.61 Å². The molecule has 0 radical (unpaired) electrons. The quantitative estimate of drug-likeness (QED) is 0.732. The minimum absolute atomic E-state index is 0.0496. The van der Waals surface area contributed by atoms with Crippen LogP contribution in [0.25, 0.3) is 11.3 Å². The van der Waals surface area contributed by atoms with Crippen LogP contribution in [0.2, 0.25) is 0 Å². The molecule has 1 aliphatic rings. The number of rotatable bonds is 5. The molecule has 1 heterocycles. The summed E-state index contributed by atoms with van der Waals surface area (Å²) in [5.74, 6) is 1.05. The van der Waals surface area contributed by atoms with Gasteiger partial charge in [-0.1, -0.05) is 5.16 Å². The second kappa shape index (κ2) is 5.83. The minimum atomic E-state index is -4.51. The Labute approximate surface area is 130 Å². The van der Waals surface area contributed by atoms with Gasteiger partial charge < -0.3 is 9.26 Å². The molecule has 0 bridgehead atoms. The zero-order valence-corrected chi connectivity index (χ0v) is 12.2. The third-order valence-electron chi connectivity index (χ3n) is 3.45. The molecule has 0 N–H and O–H groups in total. The molecule has 3 rings (SSSR count). The van der Waals surface area contributed by atoms with E-state index in [9.17, 15) is 13.2 Å². The third-order valence-corrected chi connectivity index (χ3v) is 3.71. The summed E-state index contributed by atoms with van der Waals surface area (Å²) in [7, 11) is 0. The minimum Gasteiger partial charge on any atom is -0.493 e. The molecule has 0 saturated heterocycles. The van der Waals surface area contributed by atoms with Crippen LogP contribution in [0.3, 0.4) is 0 Å². The molecular weight excluding hydrogens is 319 g/mol. The van der Waals surface area contributed by atoms with Crippen LogP contribution in [0, 0.1) is 5.92 Å². The number of aromatic nitrogens is 1. The Bertz CT molecular complexity index is 665. The monoisotopic (exact) mass is 331 g/mol. The molecular formula is C15H13ClF3NO2. The molecule has 1 aliphatic carbocycles. The predicted molar refractivity (Wildman–Crippen MR) is 74.7 cm³/mol. The maximum atomic E-state index is 13.3. The molecule has 1 aromatic carbocycles. The Morgan fingerprint density at radius 3 is 2.64 bits per heavy atom. The number of alkyl halides is 4. The summed E-state index contributed by atoms with van der Waals surface area (Å²) >= 11 is 5.58. The fourth-order valence-electron chi connectivity index (χ4n) is 2.07. The number of benzene rings is 1. The van der Waals surface area contributed by atoms with E-state index in [-0.39, 0.29) is 22.9 Å². The van der Waals surface area contributed by atoms with Gasteiger partial charge in [0.1, 0.15) is 11.4 Å². The van der Waals surface area contributed by atoms with Crippen molar-refractivity contribution in [2.24, 2.45) is 5.92 Å². The van der Waals surface area contributed by atoms with Gasteiger partial charge in [0.2, 0.25) is 0 Å². The van der Waals surface area contributed by atoms with Crippen molar-refractivity contribution in [3.8, 4) is 17.0 Å². The molecule has 1 saturated carbocycles. The normalized spacial score (nSPS) is 15.1. The second-order valence-electron chi connectivity index (χ2n) is 5.27. The summed E-state index contributed by atoms with van der Waals surface area (Å²) in [5, 5.41) is 3.65. The van der Waals surface area contributed by atoms with Crippen molar-refractivity contribution in [1.29, 1.82) is 0 Å². The fourth-order valence-corrected chi connectivity index (χ4v) is 2.20. The second-order valence-corrected chi connectivity index (χ2v) is 5.54. The number of hydrogen-bond donors (Lipinski definition) is 0. The Morgan fingerprint density at radius 1 is 1.27 bits per heavy atom. The average molecular weight is 332 g/mol. The maximum absolute atomic E-state index is 13.3. The first-order chi connectivity index (χ1) is 10.5. The highest BCUT2D eigenvalue weighted by molar-refractivity contribution is 6.16. The molecule has 118 valence electrons. The number of halogens is 4. The van der Waals surface area contributed by atoms with Crippen LogP contribution in [-0.2, 0) is 12.1 Å². The lowest BCUT2D eigenvalue weighted by molar-refractivity contribution is -0.137. The first kappa shape index (κ1) is 15.2. The van der Waals surface area contributed by atoms with Crippen molar-refractivity contribution in [2.45, 2.75) is 24.9 Å². The molecule has 2 aromatic rings. The Hall–Kier alpha value is -1.69. The van der Waals surface area contributed by atoms with Gasteiger partial charge in [-0.05, 0) is 37.0 Å². The van der Waals surface area contributed by atoms with Crippen LogP contribution < -0.4 is 4.74 Å². The van der Waals surface area contributed by atoms with Gasteiger partial charge in [-0.3, -0.25) is 0 Å². The van der Waals surface area contributed by atoms with Crippen LogP contribution in [0.1, 0.15) is 24.2 Å². The van der Waals surface area contributed by atoms with E-state index in [2.05, 4.69) is 5.16 Å². The van der Waals surface area contributed by atoms with Gasteiger partial charge in [0.25, 0.3) is 0 Å². The molecule has 3 nitrogen and oxygen atoms in total. The Balaban J connectivity index is 1.93. The smallest absolute Gasteiger partial charge is 0.417 e. The SMILES string of the molecule is FC(F)(F)c1cc(OCC2CC2)ccc1-c1cc(CCl)on1. The molecule has 0 amide bonds. The van der Waals surface area contributed by atoms with E-state index in [1.165, 1.54) is 18.2 Å². The fraction of sp³-hybridized carbons (Fsp3) is 0.400. The first-order valence-corrected chi connectivity index (χ1v) is 7.37. The summed E-state index contributed by atoms with van der Waals surface area (Å²) in [4.78, 5) is 0. The van der Waals surface area contributed by atoms with Gasteiger partial charge in [-0.15, -0.1) is 11.6 Å². The van der Waals surface area contributed by atoms with E-state index in [1.54, 1.807) is 0 Å². The van der Waals surface area contributed by atoms with E-state index in [1.807, 2.05) is 0 Å². The van der Waals surface area contributed by atoms with Crippen LogP contribution in [0.5, 0.6) is 5.75 Å². The number of ether oxygens (including phenoxy) is 1. The van der Waals surface area contributed by atoms with Gasteiger partial charge >= 0.3 is 6.18 Å². The summed E-state index contributed by atoms with van der Waals surface area (Å²) < 4.78 is 50.1. The Morgan fingerprint density at radius 2 is 2.05 bits per heavy atom. The van der Waals surface area contributed by atoms with Gasteiger partial charge in [0, 0.05) is 11.6 Å². The van der Waals surface area contributed by atoms with Crippen molar-refractivity contribution in [3.63, 3.8) is 0 Å². The number of nitrogens with zero attached hydrogens (tertiary/aromatic N) is 1. The van der Waals surface area contributed by atoms with Crippen molar-refractivity contribution >= 4 is 11.6 Å². The maximum Gasteiger partial charge on any atom is 0.417 e. The van der Waals surface area contributed by atoms with E-state index in [0.29, 0.717) is 18.3 Å². The Kier molecular flexibility index (Phi) is 4.04. The summed E-state index contributed by atoms with van der Waals surface area (Å²) in [5.41, 5.74) is -0.738. The first-order valence-electron chi connectivity index (χ1n) is 6.83. The summed E-state index contributed by atoms with van der Waals surface area (Å²) in [6.45, 7) is 0.455. The molecule has 1 fully saturated rings.